The number of rotatable bonds is 10. The number of sulfonamides is 2. The van der Waals surface area contributed by atoms with E-state index < -0.39 is 35.6 Å². The number of anilines is 1. The van der Waals surface area contributed by atoms with E-state index in [2.05, 4.69) is 4.72 Å². The van der Waals surface area contributed by atoms with Crippen molar-refractivity contribution in [2.45, 2.75) is 36.5 Å². The molecule has 0 spiro atoms. The monoisotopic (exact) mass is 441 g/mol. The molecule has 0 aliphatic rings. The van der Waals surface area contributed by atoms with Gasteiger partial charge in [0.25, 0.3) is 15.7 Å². The molecule has 0 bridgehead atoms. The Bertz CT molecular complexity index is 1060. The van der Waals surface area contributed by atoms with Gasteiger partial charge in [0.15, 0.2) is 4.90 Å². The molecular formula is C18H23N3O6S2. The van der Waals surface area contributed by atoms with Crippen LogP contribution in [0.25, 0.3) is 0 Å². The van der Waals surface area contributed by atoms with Crippen LogP contribution in [-0.4, -0.2) is 39.2 Å². The molecule has 2 aromatic carbocycles. The van der Waals surface area contributed by atoms with Crippen LogP contribution < -0.4 is 4.72 Å². The number of nitro benzene ring substituents is 1. The Kier molecular flexibility index (Phi) is 7.33. The third-order valence-electron chi connectivity index (χ3n) is 4.04. The third-order valence-corrected chi connectivity index (χ3v) is 7.38. The van der Waals surface area contributed by atoms with Crippen molar-refractivity contribution in [3.8, 4) is 0 Å². The van der Waals surface area contributed by atoms with Crippen LogP contribution >= 0.6 is 0 Å². The molecule has 0 fully saturated rings. The van der Waals surface area contributed by atoms with E-state index in [1.54, 1.807) is 0 Å². The second kappa shape index (κ2) is 9.33. The lowest BCUT2D eigenvalue weighted by atomic mass is 10.3. The van der Waals surface area contributed by atoms with Crippen LogP contribution in [0.2, 0.25) is 0 Å². The number of hydrogen-bond donors (Lipinski definition) is 1. The first kappa shape index (κ1) is 22.8. The highest BCUT2D eigenvalue weighted by Crippen LogP contribution is 2.26. The zero-order valence-electron chi connectivity index (χ0n) is 16.1. The van der Waals surface area contributed by atoms with Gasteiger partial charge in [-0.2, -0.15) is 4.31 Å². The van der Waals surface area contributed by atoms with E-state index >= 15 is 0 Å². The van der Waals surface area contributed by atoms with Crippen molar-refractivity contribution in [3.63, 3.8) is 0 Å². The van der Waals surface area contributed by atoms with Gasteiger partial charge >= 0.3 is 0 Å². The minimum atomic E-state index is -4.22. The van der Waals surface area contributed by atoms with Crippen LogP contribution in [0.4, 0.5) is 11.4 Å². The minimum absolute atomic E-state index is 0.0491. The number of nitrogens with one attached hydrogen (secondary N) is 1. The molecule has 11 heteroatoms. The lowest BCUT2D eigenvalue weighted by Gasteiger charge is -2.21. The van der Waals surface area contributed by atoms with E-state index in [4.69, 9.17) is 0 Å². The van der Waals surface area contributed by atoms with E-state index in [9.17, 15) is 26.9 Å². The molecule has 158 valence electrons. The highest BCUT2D eigenvalue weighted by molar-refractivity contribution is 7.93. The number of hydrogen-bond acceptors (Lipinski definition) is 6. The first-order valence-electron chi connectivity index (χ1n) is 9.00. The number of nitro groups is 1. The van der Waals surface area contributed by atoms with Crippen molar-refractivity contribution < 1.29 is 21.8 Å². The van der Waals surface area contributed by atoms with Crippen molar-refractivity contribution >= 4 is 31.4 Å². The van der Waals surface area contributed by atoms with Crippen molar-refractivity contribution in [2.24, 2.45) is 0 Å². The summed E-state index contributed by atoms with van der Waals surface area (Å²) in [4.78, 5) is 9.89. The van der Waals surface area contributed by atoms with Gasteiger partial charge in [0, 0.05) is 24.8 Å². The molecule has 0 atom stereocenters. The Hall–Kier alpha value is -2.50. The number of benzene rings is 2. The summed E-state index contributed by atoms with van der Waals surface area (Å²) in [7, 11) is -7.91. The van der Waals surface area contributed by atoms with Crippen LogP contribution in [0.1, 0.15) is 26.7 Å². The van der Waals surface area contributed by atoms with Crippen LogP contribution in [-0.2, 0) is 20.0 Å². The van der Waals surface area contributed by atoms with Gasteiger partial charge in [-0.15, -0.1) is 0 Å². The fraction of sp³-hybridized carbons (Fsp3) is 0.333. The summed E-state index contributed by atoms with van der Waals surface area (Å²) < 4.78 is 54.3. The van der Waals surface area contributed by atoms with Gasteiger partial charge in [-0.1, -0.05) is 26.0 Å². The summed E-state index contributed by atoms with van der Waals surface area (Å²) in [6, 6.07) is 10.2. The Balaban J connectivity index is 2.30. The van der Waals surface area contributed by atoms with Gasteiger partial charge in [0.05, 0.1) is 9.82 Å². The standard InChI is InChI=1S/C18H23N3O6S2/c1-3-13-20(14-4-2)29(26,27)16-11-9-15(10-12-16)19-28(24,25)18-8-6-5-7-17(18)21(22)23/h5-12,19H,3-4,13-14H2,1-2H3. The molecule has 0 saturated carbocycles. The molecule has 0 aromatic heterocycles. The molecule has 2 rings (SSSR count). The molecule has 2 aromatic rings. The van der Waals surface area contributed by atoms with Gasteiger partial charge in [-0.3, -0.25) is 14.8 Å². The maximum atomic E-state index is 12.8. The van der Waals surface area contributed by atoms with Crippen LogP contribution in [0.15, 0.2) is 58.3 Å². The Morgan fingerprint density at radius 1 is 0.931 bits per heavy atom. The third kappa shape index (κ3) is 5.31. The maximum Gasteiger partial charge on any atom is 0.289 e. The minimum Gasteiger partial charge on any atom is -0.279 e. The summed E-state index contributed by atoms with van der Waals surface area (Å²) >= 11 is 0. The molecule has 0 amide bonds. The number of nitrogens with zero attached hydrogens (tertiary/aromatic N) is 2. The first-order valence-corrected chi connectivity index (χ1v) is 11.9. The topological polar surface area (TPSA) is 127 Å². The van der Waals surface area contributed by atoms with E-state index in [1.807, 2.05) is 13.8 Å². The van der Waals surface area contributed by atoms with Crippen molar-refractivity contribution in [3.05, 3.63) is 58.6 Å². The van der Waals surface area contributed by atoms with Gasteiger partial charge in [0.1, 0.15) is 0 Å². The predicted octanol–water partition coefficient (Wildman–Crippen LogP) is 3.21. The summed E-state index contributed by atoms with van der Waals surface area (Å²) in [5.41, 5.74) is -0.450. The quantitative estimate of drug-likeness (QED) is 0.445. The van der Waals surface area contributed by atoms with Gasteiger partial charge in [-0.25, -0.2) is 16.8 Å². The summed E-state index contributed by atoms with van der Waals surface area (Å²) in [6.07, 6.45) is 1.35. The molecule has 0 radical (unpaired) electrons. The molecule has 0 aliphatic carbocycles. The molecular weight excluding hydrogens is 418 g/mol. The predicted molar refractivity (Wildman–Crippen MR) is 110 cm³/mol. The average Bonchev–Trinajstić information content (AvgIpc) is 2.68. The van der Waals surface area contributed by atoms with Crippen molar-refractivity contribution in [1.29, 1.82) is 0 Å². The summed E-state index contributed by atoms with van der Waals surface area (Å²) in [6.45, 7) is 4.56. The van der Waals surface area contributed by atoms with Crippen LogP contribution in [0.5, 0.6) is 0 Å². The molecule has 0 aliphatic heterocycles. The normalized spacial score (nSPS) is 12.1. The molecule has 0 saturated heterocycles. The fourth-order valence-electron chi connectivity index (χ4n) is 2.74. The molecule has 9 nitrogen and oxygen atoms in total. The van der Waals surface area contributed by atoms with E-state index in [0.29, 0.717) is 25.9 Å². The largest absolute Gasteiger partial charge is 0.289 e. The summed E-state index contributed by atoms with van der Waals surface area (Å²) in [5, 5.41) is 11.1. The highest BCUT2D eigenvalue weighted by atomic mass is 32.2. The second-order valence-electron chi connectivity index (χ2n) is 6.26. The zero-order chi connectivity index (χ0) is 21.7. The van der Waals surface area contributed by atoms with E-state index in [1.165, 1.54) is 40.7 Å². The molecule has 0 unspecified atom stereocenters. The smallest absolute Gasteiger partial charge is 0.279 e. The van der Waals surface area contributed by atoms with Crippen LogP contribution in [0.3, 0.4) is 0 Å². The first-order chi connectivity index (χ1) is 13.6. The molecule has 29 heavy (non-hydrogen) atoms. The van der Waals surface area contributed by atoms with Crippen molar-refractivity contribution in [1.82, 2.24) is 4.31 Å². The molecule has 1 N–H and O–H groups in total. The average molecular weight is 442 g/mol. The Labute approximate surface area is 170 Å². The summed E-state index contributed by atoms with van der Waals surface area (Å²) in [5.74, 6) is 0. The zero-order valence-corrected chi connectivity index (χ0v) is 17.7. The van der Waals surface area contributed by atoms with Crippen LogP contribution in [0, 0.1) is 10.1 Å². The SMILES string of the molecule is CCCN(CCC)S(=O)(=O)c1ccc(NS(=O)(=O)c2ccccc2[N+](=O)[O-])cc1. The van der Waals surface area contributed by atoms with Gasteiger partial charge in [-0.05, 0) is 43.2 Å². The number of para-hydroxylation sites is 1. The molecule has 0 heterocycles. The van der Waals surface area contributed by atoms with E-state index in [0.717, 1.165) is 12.1 Å². The van der Waals surface area contributed by atoms with Crippen molar-refractivity contribution in [2.75, 3.05) is 17.8 Å². The van der Waals surface area contributed by atoms with E-state index in [-0.39, 0.29) is 10.6 Å². The second-order valence-corrected chi connectivity index (χ2v) is 9.85. The highest BCUT2D eigenvalue weighted by Gasteiger charge is 2.26. The fourth-order valence-corrected chi connectivity index (χ4v) is 5.60. The lowest BCUT2D eigenvalue weighted by Crippen LogP contribution is -2.32. The Morgan fingerprint density at radius 2 is 1.48 bits per heavy atom. The Morgan fingerprint density at radius 3 is 2.00 bits per heavy atom. The maximum absolute atomic E-state index is 12.8. The van der Waals surface area contributed by atoms with Gasteiger partial charge in [0.2, 0.25) is 10.0 Å². The van der Waals surface area contributed by atoms with Gasteiger partial charge < -0.3 is 0 Å². The lowest BCUT2D eigenvalue weighted by molar-refractivity contribution is -0.387.